The Hall–Kier alpha value is -2.12. The standard InChI is InChI=1S/C22H30N4O2S/c1-22(2,3)21-20(15-26(25-21)17-8-4-5-9-17)29(27,28)24-13-12-16-14-23-19-11-7-6-10-18(16)19/h6-7,10-11,14-15,17,23-24H,4-5,8-9,12-13H2,1-3H3. The quantitative estimate of drug-likeness (QED) is 0.631. The van der Waals surface area contributed by atoms with E-state index in [0.29, 0.717) is 29.6 Å². The molecule has 2 N–H and O–H groups in total. The van der Waals surface area contributed by atoms with Gasteiger partial charge in [0.15, 0.2) is 0 Å². The number of sulfonamides is 1. The zero-order chi connectivity index (χ0) is 20.6. The molecular formula is C22H30N4O2S. The molecule has 7 heteroatoms. The minimum absolute atomic E-state index is 0.311. The summed E-state index contributed by atoms with van der Waals surface area (Å²) in [5, 5.41) is 5.86. The number of nitrogens with zero attached hydrogens (tertiary/aromatic N) is 2. The van der Waals surface area contributed by atoms with Gasteiger partial charge in [0.2, 0.25) is 10.0 Å². The number of para-hydroxylation sites is 1. The summed E-state index contributed by atoms with van der Waals surface area (Å²) in [5.41, 5.74) is 2.48. The molecule has 1 aliphatic carbocycles. The SMILES string of the molecule is CC(C)(C)c1nn(C2CCCC2)cc1S(=O)(=O)NCCc1c[nH]c2ccccc12. The van der Waals surface area contributed by atoms with E-state index in [0.717, 1.165) is 29.3 Å². The van der Waals surface area contributed by atoms with E-state index in [1.807, 2.05) is 49.8 Å². The summed E-state index contributed by atoms with van der Waals surface area (Å²) in [5.74, 6) is 0. The highest BCUT2D eigenvalue weighted by Gasteiger charge is 2.31. The van der Waals surface area contributed by atoms with E-state index in [-0.39, 0.29) is 5.41 Å². The molecule has 4 rings (SSSR count). The van der Waals surface area contributed by atoms with E-state index in [9.17, 15) is 8.42 Å². The number of aromatic nitrogens is 3. The molecule has 156 valence electrons. The Morgan fingerprint density at radius 1 is 1.21 bits per heavy atom. The molecule has 0 spiro atoms. The number of aromatic amines is 1. The smallest absolute Gasteiger partial charge is 0.244 e. The molecule has 29 heavy (non-hydrogen) atoms. The molecule has 0 aliphatic heterocycles. The van der Waals surface area contributed by atoms with Gasteiger partial charge < -0.3 is 4.98 Å². The first kappa shape index (κ1) is 20.2. The maximum absolute atomic E-state index is 13.1. The Bertz CT molecular complexity index is 1100. The first-order chi connectivity index (χ1) is 13.8. The third kappa shape index (κ3) is 4.12. The van der Waals surface area contributed by atoms with E-state index < -0.39 is 10.0 Å². The van der Waals surface area contributed by atoms with Gasteiger partial charge in [0.05, 0.1) is 11.7 Å². The van der Waals surface area contributed by atoms with Gasteiger partial charge in [0.1, 0.15) is 4.90 Å². The van der Waals surface area contributed by atoms with Gasteiger partial charge in [0.25, 0.3) is 0 Å². The second-order valence-corrected chi connectivity index (χ2v) is 10.8. The van der Waals surface area contributed by atoms with Crippen molar-refractivity contribution in [3.63, 3.8) is 0 Å². The highest BCUT2D eigenvalue weighted by Crippen LogP contribution is 2.33. The number of benzene rings is 1. The van der Waals surface area contributed by atoms with E-state index in [4.69, 9.17) is 5.10 Å². The van der Waals surface area contributed by atoms with Crippen LogP contribution < -0.4 is 4.72 Å². The predicted octanol–water partition coefficient (Wildman–Crippen LogP) is 4.30. The van der Waals surface area contributed by atoms with Crippen molar-refractivity contribution in [2.24, 2.45) is 0 Å². The average Bonchev–Trinajstić information content (AvgIpc) is 3.40. The first-order valence-electron chi connectivity index (χ1n) is 10.4. The molecule has 1 aromatic carbocycles. The number of H-pyrrole nitrogens is 1. The third-order valence-electron chi connectivity index (χ3n) is 5.76. The molecule has 2 heterocycles. The maximum atomic E-state index is 13.1. The largest absolute Gasteiger partial charge is 0.361 e. The average molecular weight is 415 g/mol. The van der Waals surface area contributed by atoms with Crippen molar-refractivity contribution in [1.82, 2.24) is 19.5 Å². The lowest BCUT2D eigenvalue weighted by molar-refractivity contribution is 0.448. The zero-order valence-corrected chi connectivity index (χ0v) is 18.2. The lowest BCUT2D eigenvalue weighted by Crippen LogP contribution is -2.28. The summed E-state index contributed by atoms with van der Waals surface area (Å²) in [6.45, 7) is 6.39. The van der Waals surface area contributed by atoms with Gasteiger partial charge in [-0.1, -0.05) is 51.8 Å². The molecule has 0 unspecified atom stereocenters. The summed E-state index contributed by atoms with van der Waals surface area (Å²) < 4.78 is 31.0. The Morgan fingerprint density at radius 2 is 1.93 bits per heavy atom. The van der Waals surface area contributed by atoms with Crippen LogP contribution in [0.5, 0.6) is 0 Å². The van der Waals surface area contributed by atoms with Crippen LogP contribution in [0.4, 0.5) is 0 Å². The molecule has 1 aliphatic rings. The molecule has 1 saturated carbocycles. The van der Waals surface area contributed by atoms with Crippen LogP contribution in [0.1, 0.15) is 63.8 Å². The van der Waals surface area contributed by atoms with Gasteiger partial charge in [-0.15, -0.1) is 0 Å². The summed E-state index contributed by atoms with van der Waals surface area (Å²) in [6, 6.07) is 8.37. The predicted molar refractivity (Wildman–Crippen MR) is 116 cm³/mol. The minimum atomic E-state index is -3.63. The second kappa shape index (κ2) is 7.61. The molecule has 0 bridgehead atoms. The summed E-state index contributed by atoms with van der Waals surface area (Å²) >= 11 is 0. The monoisotopic (exact) mass is 414 g/mol. The first-order valence-corrected chi connectivity index (χ1v) is 11.9. The minimum Gasteiger partial charge on any atom is -0.361 e. The van der Waals surface area contributed by atoms with Crippen LogP contribution in [0.3, 0.4) is 0 Å². The molecule has 3 aromatic rings. The fourth-order valence-electron chi connectivity index (χ4n) is 4.18. The van der Waals surface area contributed by atoms with Crippen molar-refractivity contribution >= 4 is 20.9 Å². The molecule has 1 fully saturated rings. The third-order valence-corrected chi connectivity index (χ3v) is 7.22. The Morgan fingerprint density at radius 3 is 2.66 bits per heavy atom. The van der Waals surface area contributed by atoms with Crippen molar-refractivity contribution in [3.8, 4) is 0 Å². The van der Waals surface area contributed by atoms with Gasteiger partial charge in [-0.05, 0) is 30.9 Å². The van der Waals surface area contributed by atoms with Gasteiger partial charge >= 0.3 is 0 Å². The van der Waals surface area contributed by atoms with Crippen molar-refractivity contribution in [2.45, 2.75) is 69.2 Å². The van der Waals surface area contributed by atoms with E-state index in [1.54, 1.807) is 6.20 Å². The summed E-state index contributed by atoms with van der Waals surface area (Å²) in [4.78, 5) is 3.56. The summed E-state index contributed by atoms with van der Waals surface area (Å²) in [6.07, 6.45) is 8.82. The molecule has 0 radical (unpaired) electrons. The van der Waals surface area contributed by atoms with Crippen LogP contribution in [0.25, 0.3) is 10.9 Å². The Balaban J connectivity index is 1.54. The number of hydrogen-bond acceptors (Lipinski definition) is 3. The van der Waals surface area contributed by atoms with E-state index in [1.165, 1.54) is 12.8 Å². The fourth-order valence-corrected chi connectivity index (χ4v) is 5.56. The van der Waals surface area contributed by atoms with Crippen LogP contribution in [0.15, 0.2) is 41.6 Å². The van der Waals surface area contributed by atoms with Gasteiger partial charge in [-0.3, -0.25) is 4.68 Å². The van der Waals surface area contributed by atoms with Crippen molar-refractivity contribution in [2.75, 3.05) is 6.54 Å². The van der Waals surface area contributed by atoms with E-state index in [2.05, 4.69) is 15.8 Å². The van der Waals surface area contributed by atoms with Crippen molar-refractivity contribution < 1.29 is 8.42 Å². The molecule has 0 amide bonds. The number of nitrogens with one attached hydrogen (secondary N) is 2. The number of hydrogen-bond donors (Lipinski definition) is 2. The highest BCUT2D eigenvalue weighted by atomic mass is 32.2. The number of rotatable bonds is 6. The molecular weight excluding hydrogens is 384 g/mol. The molecule has 6 nitrogen and oxygen atoms in total. The Labute approximate surface area is 172 Å². The van der Waals surface area contributed by atoms with Crippen LogP contribution >= 0.6 is 0 Å². The molecule has 0 atom stereocenters. The lowest BCUT2D eigenvalue weighted by atomic mass is 9.92. The van der Waals surface area contributed by atoms with Crippen LogP contribution in [-0.4, -0.2) is 29.7 Å². The van der Waals surface area contributed by atoms with Crippen molar-refractivity contribution in [3.05, 3.63) is 47.9 Å². The van der Waals surface area contributed by atoms with Crippen LogP contribution in [0, 0.1) is 0 Å². The lowest BCUT2D eigenvalue weighted by Gasteiger charge is -2.18. The molecule has 0 saturated heterocycles. The summed E-state index contributed by atoms with van der Waals surface area (Å²) in [7, 11) is -3.63. The van der Waals surface area contributed by atoms with Gasteiger partial charge in [-0.2, -0.15) is 5.10 Å². The van der Waals surface area contributed by atoms with E-state index >= 15 is 0 Å². The Kier molecular flexibility index (Phi) is 5.29. The van der Waals surface area contributed by atoms with Crippen LogP contribution in [0.2, 0.25) is 0 Å². The fraction of sp³-hybridized carbons (Fsp3) is 0.500. The highest BCUT2D eigenvalue weighted by molar-refractivity contribution is 7.89. The van der Waals surface area contributed by atoms with Gasteiger partial charge in [0, 0.05) is 35.3 Å². The molecule has 2 aromatic heterocycles. The zero-order valence-electron chi connectivity index (χ0n) is 17.4. The maximum Gasteiger partial charge on any atom is 0.244 e. The number of fused-ring (bicyclic) bond motifs is 1. The topological polar surface area (TPSA) is 79.8 Å². The normalized spacial score (nSPS) is 16.1. The van der Waals surface area contributed by atoms with Crippen LogP contribution in [-0.2, 0) is 21.9 Å². The van der Waals surface area contributed by atoms with Gasteiger partial charge in [-0.25, -0.2) is 13.1 Å². The van der Waals surface area contributed by atoms with Crippen molar-refractivity contribution in [1.29, 1.82) is 0 Å². The second-order valence-electron chi connectivity index (χ2n) is 9.02.